The lowest BCUT2D eigenvalue weighted by Gasteiger charge is -2.12. The van der Waals surface area contributed by atoms with Crippen molar-refractivity contribution >= 4 is 39.8 Å². The zero-order valence-electron chi connectivity index (χ0n) is 17.0. The highest BCUT2D eigenvalue weighted by Gasteiger charge is 2.28. The van der Waals surface area contributed by atoms with Crippen molar-refractivity contribution in [2.75, 3.05) is 11.9 Å². The summed E-state index contributed by atoms with van der Waals surface area (Å²) in [6, 6.07) is 0. The molecule has 29 heavy (non-hydrogen) atoms. The number of amides is 1. The van der Waals surface area contributed by atoms with E-state index in [9.17, 15) is 19.2 Å². The number of aromatic amines is 1. The third kappa shape index (κ3) is 4.17. The zero-order valence-corrected chi connectivity index (χ0v) is 17.8. The Morgan fingerprint density at radius 2 is 1.76 bits per heavy atom. The summed E-state index contributed by atoms with van der Waals surface area (Å²) in [5.74, 6) is -1.41. The number of carbonyl (C=O) groups excluding carboxylic acids is 4. The van der Waals surface area contributed by atoms with Gasteiger partial charge in [-0.15, -0.1) is 11.3 Å². The number of ketones is 2. The SMILES string of the molecule is CC(=O)Nc1sc2c(c1C(=O)OCC(=O)c1[nH]c(C)c(C(C)=O)c1C)CCCC2. The second-order valence-electron chi connectivity index (χ2n) is 7.28. The number of aromatic nitrogens is 1. The molecule has 1 aliphatic carbocycles. The number of nitrogens with one attached hydrogen (secondary N) is 2. The fourth-order valence-electron chi connectivity index (χ4n) is 3.86. The molecule has 0 unspecified atom stereocenters. The van der Waals surface area contributed by atoms with E-state index in [0.717, 1.165) is 36.1 Å². The molecule has 0 radical (unpaired) electrons. The van der Waals surface area contributed by atoms with Crippen molar-refractivity contribution in [2.45, 2.75) is 53.4 Å². The van der Waals surface area contributed by atoms with Crippen LogP contribution in [-0.2, 0) is 22.4 Å². The first-order valence-electron chi connectivity index (χ1n) is 9.53. The van der Waals surface area contributed by atoms with Crippen molar-refractivity contribution in [3.63, 3.8) is 0 Å². The van der Waals surface area contributed by atoms with Crippen LogP contribution in [0.5, 0.6) is 0 Å². The summed E-state index contributed by atoms with van der Waals surface area (Å²) in [5.41, 5.74) is 3.20. The Balaban J connectivity index is 1.80. The van der Waals surface area contributed by atoms with Crippen molar-refractivity contribution in [1.29, 1.82) is 0 Å². The lowest BCUT2D eigenvalue weighted by atomic mass is 9.95. The predicted octanol–water partition coefficient (Wildman–Crippen LogP) is 3.77. The molecule has 3 rings (SSSR count). The third-order valence-electron chi connectivity index (χ3n) is 5.07. The van der Waals surface area contributed by atoms with Crippen LogP contribution in [0.15, 0.2) is 0 Å². The fourth-order valence-corrected chi connectivity index (χ4v) is 5.19. The fraction of sp³-hybridized carbons (Fsp3) is 0.429. The summed E-state index contributed by atoms with van der Waals surface area (Å²) in [7, 11) is 0. The van der Waals surface area contributed by atoms with Crippen LogP contribution in [0.4, 0.5) is 5.00 Å². The number of rotatable bonds is 6. The summed E-state index contributed by atoms with van der Waals surface area (Å²) < 4.78 is 5.32. The lowest BCUT2D eigenvalue weighted by Crippen LogP contribution is -2.18. The zero-order chi connectivity index (χ0) is 21.3. The molecule has 8 heteroatoms. The van der Waals surface area contributed by atoms with Gasteiger partial charge in [-0.1, -0.05) is 0 Å². The number of anilines is 1. The number of carbonyl (C=O) groups is 4. The van der Waals surface area contributed by atoms with Gasteiger partial charge in [0, 0.05) is 23.1 Å². The Labute approximate surface area is 172 Å². The molecule has 0 aliphatic heterocycles. The van der Waals surface area contributed by atoms with Crippen LogP contribution in [0.1, 0.15) is 79.6 Å². The Morgan fingerprint density at radius 1 is 1.07 bits per heavy atom. The highest BCUT2D eigenvalue weighted by molar-refractivity contribution is 7.17. The van der Waals surface area contributed by atoms with E-state index in [2.05, 4.69) is 10.3 Å². The summed E-state index contributed by atoms with van der Waals surface area (Å²) in [6.45, 7) is 5.81. The van der Waals surface area contributed by atoms with Gasteiger partial charge in [-0.3, -0.25) is 14.4 Å². The van der Waals surface area contributed by atoms with Crippen molar-refractivity contribution in [3.05, 3.63) is 38.5 Å². The van der Waals surface area contributed by atoms with E-state index in [0.29, 0.717) is 27.4 Å². The third-order valence-corrected chi connectivity index (χ3v) is 6.27. The van der Waals surface area contributed by atoms with Gasteiger partial charge in [-0.25, -0.2) is 4.79 Å². The molecule has 0 aromatic carbocycles. The number of aryl methyl sites for hydroxylation is 2. The molecule has 2 aromatic heterocycles. The van der Waals surface area contributed by atoms with E-state index in [1.807, 2.05) is 0 Å². The summed E-state index contributed by atoms with van der Waals surface area (Å²) in [4.78, 5) is 52.7. The molecule has 154 valence electrons. The quantitative estimate of drug-likeness (QED) is 0.551. The number of Topliss-reactive ketones (excluding diaryl/α,β-unsaturated/α-hetero) is 2. The number of hydrogen-bond acceptors (Lipinski definition) is 6. The van der Waals surface area contributed by atoms with Crippen LogP contribution in [0.3, 0.4) is 0 Å². The molecule has 7 nitrogen and oxygen atoms in total. The number of ether oxygens (including phenoxy) is 1. The average molecular weight is 416 g/mol. The molecule has 0 saturated heterocycles. The standard InChI is InChI=1S/C21H24N2O5S/c1-10-17(12(3)24)11(2)22-19(10)15(26)9-28-21(27)18-14-7-5-6-8-16(14)29-20(18)23-13(4)25/h22H,5-9H2,1-4H3,(H,23,25). The van der Waals surface area contributed by atoms with Crippen LogP contribution < -0.4 is 5.32 Å². The van der Waals surface area contributed by atoms with Gasteiger partial charge in [0.2, 0.25) is 11.7 Å². The smallest absolute Gasteiger partial charge is 0.341 e. The number of hydrogen-bond donors (Lipinski definition) is 2. The summed E-state index contributed by atoms with van der Waals surface area (Å²) in [6.07, 6.45) is 3.63. The highest BCUT2D eigenvalue weighted by atomic mass is 32.1. The minimum atomic E-state index is -0.616. The van der Waals surface area contributed by atoms with Gasteiger partial charge in [0.05, 0.1) is 11.3 Å². The van der Waals surface area contributed by atoms with E-state index >= 15 is 0 Å². The molecule has 2 aromatic rings. The molecule has 1 aliphatic rings. The number of thiophene rings is 1. The van der Waals surface area contributed by atoms with Crippen LogP contribution in [0, 0.1) is 13.8 Å². The average Bonchev–Trinajstić information content (AvgIpc) is 3.15. The van der Waals surface area contributed by atoms with Crippen molar-refractivity contribution in [1.82, 2.24) is 4.98 Å². The molecule has 0 spiro atoms. The van der Waals surface area contributed by atoms with E-state index in [1.165, 1.54) is 25.2 Å². The van der Waals surface area contributed by atoms with Crippen molar-refractivity contribution in [3.8, 4) is 0 Å². The van der Waals surface area contributed by atoms with Crippen LogP contribution in [0.2, 0.25) is 0 Å². The van der Waals surface area contributed by atoms with Crippen molar-refractivity contribution in [2.24, 2.45) is 0 Å². The molecule has 2 heterocycles. The minimum Gasteiger partial charge on any atom is -0.454 e. The summed E-state index contributed by atoms with van der Waals surface area (Å²) in [5, 5.41) is 3.19. The maximum absolute atomic E-state index is 12.8. The second kappa shape index (κ2) is 8.32. The van der Waals surface area contributed by atoms with Gasteiger partial charge < -0.3 is 15.0 Å². The Kier molecular flexibility index (Phi) is 6.02. The van der Waals surface area contributed by atoms with Crippen molar-refractivity contribution < 1.29 is 23.9 Å². The normalized spacial score (nSPS) is 13.0. The predicted molar refractivity (Wildman–Crippen MR) is 110 cm³/mol. The summed E-state index contributed by atoms with van der Waals surface area (Å²) >= 11 is 1.40. The number of H-pyrrole nitrogens is 1. The maximum atomic E-state index is 12.8. The molecule has 2 N–H and O–H groups in total. The Hall–Kier alpha value is -2.74. The minimum absolute atomic E-state index is 0.128. The highest BCUT2D eigenvalue weighted by Crippen LogP contribution is 2.38. The van der Waals surface area contributed by atoms with Gasteiger partial charge in [0.25, 0.3) is 0 Å². The Bertz CT molecular complexity index is 1010. The van der Waals surface area contributed by atoms with Gasteiger partial charge in [-0.05, 0) is 57.6 Å². The molecular formula is C21H24N2O5S. The molecule has 0 saturated carbocycles. The molecule has 0 fully saturated rings. The lowest BCUT2D eigenvalue weighted by molar-refractivity contribution is -0.114. The van der Waals surface area contributed by atoms with Crippen LogP contribution in [-0.4, -0.2) is 35.0 Å². The first kappa shape index (κ1) is 21.0. The van der Waals surface area contributed by atoms with Crippen LogP contribution >= 0.6 is 11.3 Å². The monoisotopic (exact) mass is 416 g/mol. The first-order chi connectivity index (χ1) is 13.7. The van der Waals surface area contributed by atoms with E-state index in [1.54, 1.807) is 13.8 Å². The Morgan fingerprint density at radius 3 is 2.38 bits per heavy atom. The van der Waals surface area contributed by atoms with Gasteiger partial charge in [0.15, 0.2) is 12.4 Å². The number of fused-ring (bicyclic) bond motifs is 1. The molecular weight excluding hydrogens is 392 g/mol. The largest absolute Gasteiger partial charge is 0.454 e. The molecule has 0 bridgehead atoms. The van der Waals surface area contributed by atoms with E-state index < -0.39 is 18.4 Å². The second-order valence-corrected chi connectivity index (χ2v) is 8.38. The van der Waals surface area contributed by atoms with E-state index in [4.69, 9.17) is 4.74 Å². The van der Waals surface area contributed by atoms with Crippen LogP contribution in [0.25, 0.3) is 0 Å². The van der Waals surface area contributed by atoms with Gasteiger partial charge >= 0.3 is 5.97 Å². The first-order valence-corrected chi connectivity index (χ1v) is 10.3. The maximum Gasteiger partial charge on any atom is 0.341 e. The molecule has 1 amide bonds. The van der Waals surface area contributed by atoms with Gasteiger partial charge in [-0.2, -0.15) is 0 Å². The molecule has 0 atom stereocenters. The number of esters is 1. The van der Waals surface area contributed by atoms with E-state index in [-0.39, 0.29) is 17.4 Å². The topological polar surface area (TPSA) is 105 Å². The van der Waals surface area contributed by atoms with Gasteiger partial charge in [0.1, 0.15) is 5.00 Å².